The molecule has 1 heterocycles. The summed E-state index contributed by atoms with van der Waals surface area (Å²) in [7, 11) is 0. The van der Waals surface area contributed by atoms with Crippen molar-refractivity contribution in [1.29, 1.82) is 0 Å². The maximum atomic E-state index is 13.4. The predicted octanol–water partition coefficient (Wildman–Crippen LogP) is 1.93. The standard InChI is InChI=1S/C15H18F2N2O/c16-13-2-1-3-14(17)12(13)10-15(20)19-9-6-11-4-7-18-8-5-11/h1-4,18H,5-10H2,(H,19,20). The molecule has 1 aromatic rings. The summed E-state index contributed by atoms with van der Waals surface area (Å²) in [6.07, 6.45) is 3.62. The van der Waals surface area contributed by atoms with E-state index in [1.54, 1.807) is 0 Å². The third kappa shape index (κ3) is 4.13. The van der Waals surface area contributed by atoms with Gasteiger partial charge in [0.1, 0.15) is 11.6 Å². The van der Waals surface area contributed by atoms with Gasteiger partial charge in [-0.05, 0) is 31.5 Å². The molecular formula is C15H18F2N2O. The number of carbonyl (C=O) groups is 1. The van der Waals surface area contributed by atoms with Crippen LogP contribution in [0.5, 0.6) is 0 Å². The minimum Gasteiger partial charge on any atom is -0.355 e. The Kier molecular flexibility index (Phi) is 5.24. The van der Waals surface area contributed by atoms with E-state index in [0.29, 0.717) is 6.54 Å². The van der Waals surface area contributed by atoms with Crippen LogP contribution >= 0.6 is 0 Å². The van der Waals surface area contributed by atoms with Crippen LogP contribution in [0.4, 0.5) is 8.78 Å². The van der Waals surface area contributed by atoms with Gasteiger partial charge in [0.05, 0.1) is 6.42 Å². The lowest BCUT2D eigenvalue weighted by atomic mass is 10.1. The second-order valence-electron chi connectivity index (χ2n) is 4.79. The van der Waals surface area contributed by atoms with E-state index in [-0.39, 0.29) is 17.9 Å². The van der Waals surface area contributed by atoms with Crippen molar-refractivity contribution in [3.8, 4) is 0 Å². The van der Waals surface area contributed by atoms with Gasteiger partial charge in [-0.2, -0.15) is 0 Å². The maximum absolute atomic E-state index is 13.4. The average Bonchev–Trinajstić information content (AvgIpc) is 2.44. The Morgan fingerprint density at radius 1 is 1.30 bits per heavy atom. The van der Waals surface area contributed by atoms with Gasteiger partial charge in [-0.15, -0.1) is 0 Å². The topological polar surface area (TPSA) is 41.1 Å². The van der Waals surface area contributed by atoms with Crippen LogP contribution in [0, 0.1) is 11.6 Å². The van der Waals surface area contributed by atoms with Crippen molar-refractivity contribution < 1.29 is 13.6 Å². The molecule has 1 aliphatic rings. The van der Waals surface area contributed by atoms with E-state index in [1.165, 1.54) is 11.6 Å². The summed E-state index contributed by atoms with van der Waals surface area (Å²) in [6.45, 7) is 2.32. The molecular weight excluding hydrogens is 262 g/mol. The second kappa shape index (κ2) is 7.14. The number of rotatable bonds is 5. The number of benzene rings is 1. The van der Waals surface area contributed by atoms with Crippen molar-refractivity contribution in [1.82, 2.24) is 10.6 Å². The van der Waals surface area contributed by atoms with E-state index >= 15 is 0 Å². The molecule has 2 rings (SSSR count). The molecule has 1 amide bonds. The molecule has 0 saturated heterocycles. The zero-order chi connectivity index (χ0) is 14.4. The predicted molar refractivity (Wildman–Crippen MR) is 73.3 cm³/mol. The van der Waals surface area contributed by atoms with Gasteiger partial charge in [0, 0.05) is 18.7 Å². The Hall–Kier alpha value is -1.75. The van der Waals surface area contributed by atoms with E-state index in [0.717, 1.165) is 38.1 Å². The first-order valence-electron chi connectivity index (χ1n) is 6.75. The fourth-order valence-electron chi connectivity index (χ4n) is 2.18. The van der Waals surface area contributed by atoms with Gasteiger partial charge in [-0.3, -0.25) is 4.79 Å². The number of hydrogen-bond donors (Lipinski definition) is 2. The lowest BCUT2D eigenvalue weighted by Gasteiger charge is -2.14. The number of carbonyl (C=O) groups excluding carboxylic acids is 1. The summed E-state index contributed by atoms with van der Waals surface area (Å²) in [5, 5.41) is 5.91. The van der Waals surface area contributed by atoms with Gasteiger partial charge < -0.3 is 10.6 Å². The van der Waals surface area contributed by atoms with Crippen LogP contribution < -0.4 is 10.6 Å². The smallest absolute Gasteiger partial charge is 0.224 e. The van der Waals surface area contributed by atoms with E-state index in [9.17, 15) is 13.6 Å². The molecule has 0 aliphatic carbocycles. The van der Waals surface area contributed by atoms with Crippen LogP contribution in [0.3, 0.4) is 0 Å². The van der Waals surface area contributed by atoms with E-state index in [1.807, 2.05) is 0 Å². The van der Waals surface area contributed by atoms with Crippen molar-refractivity contribution in [2.24, 2.45) is 0 Å². The highest BCUT2D eigenvalue weighted by molar-refractivity contribution is 5.78. The zero-order valence-corrected chi connectivity index (χ0v) is 11.2. The Labute approximate surface area is 117 Å². The highest BCUT2D eigenvalue weighted by atomic mass is 19.1. The first-order chi connectivity index (χ1) is 9.66. The summed E-state index contributed by atoms with van der Waals surface area (Å²) in [6, 6.07) is 3.60. The highest BCUT2D eigenvalue weighted by Crippen LogP contribution is 2.13. The Morgan fingerprint density at radius 3 is 2.70 bits per heavy atom. The number of nitrogens with one attached hydrogen (secondary N) is 2. The maximum Gasteiger partial charge on any atom is 0.224 e. The van der Waals surface area contributed by atoms with Gasteiger partial charge in [0.25, 0.3) is 0 Å². The monoisotopic (exact) mass is 280 g/mol. The summed E-state index contributed by atoms with van der Waals surface area (Å²) in [5.41, 5.74) is 1.13. The number of hydrogen-bond acceptors (Lipinski definition) is 2. The van der Waals surface area contributed by atoms with Gasteiger partial charge in [-0.1, -0.05) is 17.7 Å². The molecule has 1 aliphatic heterocycles. The van der Waals surface area contributed by atoms with Crippen LogP contribution in [-0.2, 0) is 11.2 Å². The SMILES string of the molecule is O=C(Cc1c(F)cccc1F)NCCC1=CCNCC1. The minimum atomic E-state index is -0.679. The molecule has 0 bridgehead atoms. The Morgan fingerprint density at radius 2 is 2.05 bits per heavy atom. The Bertz CT molecular complexity index is 494. The largest absolute Gasteiger partial charge is 0.355 e. The molecule has 0 radical (unpaired) electrons. The fraction of sp³-hybridized carbons (Fsp3) is 0.400. The zero-order valence-electron chi connectivity index (χ0n) is 11.2. The third-order valence-electron chi connectivity index (χ3n) is 3.33. The van der Waals surface area contributed by atoms with Crippen LogP contribution in [0.25, 0.3) is 0 Å². The van der Waals surface area contributed by atoms with Crippen LogP contribution in [-0.4, -0.2) is 25.5 Å². The molecule has 20 heavy (non-hydrogen) atoms. The quantitative estimate of drug-likeness (QED) is 0.809. The summed E-state index contributed by atoms with van der Waals surface area (Å²) in [4.78, 5) is 11.7. The van der Waals surface area contributed by atoms with Crippen LogP contribution in [0.2, 0.25) is 0 Å². The molecule has 1 aromatic carbocycles. The summed E-state index contributed by atoms with van der Waals surface area (Å²) in [5.74, 6) is -1.72. The van der Waals surface area contributed by atoms with Gasteiger partial charge >= 0.3 is 0 Å². The number of halogens is 2. The van der Waals surface area contributed by atoms with Crippen molar-refractivity contribution in [3.05, 3.63) is 47.0 Å². The summed E-state index contributed by atoms with van der Waals surface area (Å²) >= 11 is 0. The second-order valence-corrected chi connectivity index (χ2v) is 4.79. The first kappa shape index (κ1) is 14.7. The molecule has 0 saturated carbocycles. The molecule has 3 nitrogen and oxygen atoms in total. The highest BCUT2D eigenvalue weighted by Gasteiger charge is 2.12. The van der Waals surface area contributed by atoms with Crippen molar-refractivity contribution >= 4 is 5.91 Å². The molecule has 5 heteroatoms. The van der Waals surface area contributed by atoms with Gasteiger partial charge in [0.2, 0.25) is 5.91 Å². The molecule has 0 fully saturated rings. The van der Waals surface area contributed by atoms with Crippen LogP contribution in [0.1, 0.15) is 18.4 Å². The molecule has 0 unspecified atom stereocenters. The lowest BCUT2D eigenvalue weighted by Crippen LogP contribution is -2.28. The van der Waals surface area contributed by atoms with Crippen molar-refractivity contribution in [3.63, 3.8) is 0 Å². The molecule has 0 spiro atoms. The normalized spacial score (nSPS) is 14.8. The van der Waals surface area contributed by atoms with E-state index < -0.39 is 11.6 Å². The number of amides is 1. The van der Waals surface area contributed by atoms with Crippen molar-refractivity contribution in [2.75, 3.05) is 19.6 Å². The molecule has 108 valence electrons. The molecule has 0 aromatic heterocycles. The lowest BCUT2D eigenvalue weighted by molar-refractivity contribution is -0.120. The van der Waals surface area contributed by atoms with Gasteiger partial charge in [0.15, 0.2) is 0 Å². The molecule has 0 atom stereocenters. The minimum absolute atomic E-state index is 0.175. The van der Waals surface area contributed by atoms with E-state index in [4.69, 9.17) is 0 Å². The molecule has 2 N–H and O–H groups in total. The summed E-state index contributed by atoms with van der Waals surface area (Å²) < 4.78 is 26.8. The third-order valence-corrected chi connectivity index (χ3v) is 3.33. The van der Waals surface area contributed by atoms with Gasteiger partial charge in [-0.25, -0.2) is 8.78 Å². The van der Waals surface area contributed by atoms with Crippen LogP contribution in [0.15, 0.2) is 29.8 Å². The first-order valence-corrected chi connectivity index (χ1v) is 6.75. The van der Waals surface area contributed by atoms with E-state index in [2.05, 4.69) is 16.7 Å². The average molecular weight is 280 g/mol. The van der Waals surface area contributed by atoms with Crippen molar-refractivity contribution in [2.45, 2.75) is 19.3 Å². The Balaban J connectivity index is 1.79. The fourth-order valence-corrected chi connectivity index (χ4v) is 2.18.